The lowest BCUT2D eigenvalue weighted by molar-refractivity contribution is -0.387. The molecule has 4 aromatic rings. The van der Waals surface area contributed by atoms with E-state index in [1.54, 1.807) is 12.1 Å². The highest BCUT2D eigenvalue weighted by Crippen LogP contribution is 2.26. The van der Waals surface area contributed by atoms with E-state index >= 15 is 0 Å². The van der Waals surface area contributed by atoms with E-state index in [9.17, 15) is 24.1 Å². The summed E-state index contributed by atoms with van der Waals surface area (Å²) >= 11 is 1.42. The van der Waals surface area contributed by atoms with Gasteiger partial charge >= 0.3 is 11.7 Å². The summed E-state index contributed by atoms with van der Waals surface area (Å²) in [7, 11) is 0. The zero-order chi connectivity index (χ0) is 23.4. The number of esters is 1. The summed E-state index contributed by atoms with van der Waals surface area (Å²) in [5.74, 6) is -2.54. The van der Waals surface area contributed by atoms with Crippen molar-refractivity contribution in [2.75, 3.05) is 11.9 Å². The first-order valence-corrected chi connectivity index (χ1v) is 10.3. The molecule has 12 heteroatoms. The van der Waals surface area contributed by atoms with Gasteiger partial charge < -0.3 is 10.1 Å². The second-order valence-electron chi connectivity index (χ2n) is 6.53. The summed E-state index contributed by atoms with van der Waals surface area (Å²) in [5, 5.41) is 19.2. The molecule has 2 heterocycles. The molecule has 0 aliphatic carbocycles. The van der Waals surface area contributed by atoms with E-state index in [1.165, 1.54) is 16.0 Å². The summed E-state index contributed by atoms with van der Waals surface area (Å²) in [6.07, 6.45) is 0. The Kier molecular flexibility index (Phi) is 6.17. The van der Waals surface area contributed by atoms with E-state index in [0.717, 1.165) is 23.1 Å². The van der Waals surface area contributed by atoms with Crippen molar-refractivity contribution in [3.63, 3.8) is 0 Å². The SMILES string of the molecule is O=C(COC(=O)c1nc(-c2cccs2)n(-c2ccccc2)n1)Nc1ccc(F)c([N+](=O)[O-])c1. The van der Waals surface area contributed by atoms with E-state index < -0.39 is 34.9 Å². The van der Waals surface area contributed by atoms with Gasteiger partial charge in [-0.15, -0.1) is 16.4 Å². The third-order valence-electron chi connectivity index (χ3n) is 4.29. The van der Waals surface area contributed by atoms with Gasteiger partial charge in [-0.1, -0.05) is 24.3 Å². The number of carbonyl (C=O) groups excluding carboxylic acids is 2. The van der Waals surface area contributed by atoms with E-state index in [1.807, 2.05) is 35.7 Å². The van der Waals surface area contributed by atoms with Gasteiger partial charge in [-0.2, -0.15) is 9.37 Å². The Morgan fingerprint density at radius 2 is 1.94 bits per heavy atom. The molecule has 0 saturated carbocycles. The number of halogens is 1. The van der Waals surface area contributed by atoms with E-state index in [4.69, 9.17) is 4.74 Å². The van der Waals surface area contributed by atoms with Crippen LogP contribution in [0.3, 0.4) is 0 Å². The molecule has 2 aromatic carbocycles. The molecule has 0 aliphatic rings. The Hall–Kier alpha value is -4.45. The molecule has 1 N–H and O–H groups in total. The Morgan fingerprint density at radius 3 is 2.64 bits per heavy atom. The molecular formula is C21H14FN5O5S. The van der Waals surface area contributed by atoms with Crippen LogP contribution in [0.2, 0.25) is 0 Å². The first kappa shape index (κ1) is 21.8. The minimum atomic E-state index is -1.04. The molecule has 0 radical (unpaired) electrons. The lowest BCUT2D eigenvalue weighted by Gasteiger charge is -2.05. The molecule has 10 nitrogen and oxygen atoms in total. The van der Waals surface area contributed by atoms with Crippen LogP contribution < -0.4 is 5.32 Å². The maximum Gasteiger partial charge on any atom is 0.378 e. The Bertz CT molecular complexity index is 1320. The number of anilines is 1. The molecule has 0 bridgehead atoms. The molecule has 0 aliphatic heterocycles. The first-order valence-electron chi connectivity index (χ1n) is 9.39. The highest BCUT2D eigenvalue weighted by atomic mass is 32.1. The molecule has 2 aromatic heterocycles. The van der Waals surface area contributed by atoms with Crippen LogP contribution in [0.15, 0.2) is 66.0 Å². The third kappa shape index (κ3) is 4.91. The van der Waals surface area contributed by atoms with Gasteiger partial charge in [0.05, 0.1) is 15.5 Å². The number of nitro benzene ring substituents is 1. The monoisotopic (exact) mass is 467 g/mol. The van der Waals surface area contributed by atoms with Crippen molar-refractivity contribution >= 4 is 34.6 Å². The van der Waals surface area contributed by atoms with E-state index in [0.29, 0.717) is 11.5 Å². The molecule has 33 heavy (non-hydrogen) atoms. The van der Waals surface area contributed by atoms with Crippen LogP contribution in [-0.2, 0) is 9.53 Å². The smallest absolute Gasteiger partial charge is 0.378 e. The fourth-order valence-corrected chi connectivity index (χ4v) is 3.53. The highest BCUT2D eigenvalue weighted by Gasteiger charge is 2.22. The van der Waals surface area contributed by atoms with Crippen LogP contribution in [0.25, 0.3) is 16.4 Å². The molecule has 0 atom stereocenters. The maximum atomic E-state index is 13.4. The predicted octanol–water partition coefficient (Wildman–Crippen LogP) is 3.84. The standard InChI is InChI=1S/C21H14FN5O5S/c22-15-9-8-13(11-16(15)27(30)31)23-18(28)12-32-21(29)19-24-20(17-7-4-10-33-17)26(25-19)14-5-2-1-3-6-14/h1-11H,12H2,(H,23,28). The number of nitro groups is 1. The Labute approximate surface area is 189 Å². The fraction of sp³-hybridized carbons (Fsp3) is 0.0476. The highest BCUT2D eigenvalue weighted by molar-refractivity contribution is 7.13. The number of aromatic nitrogens is 3. The number of rotatable bonds is 7. The predicted molar refractivity (Wildman–Crippen MR) is 117 cm³/mol. The lowest BCUT2D eigenvalue weighted by Crippen LogP contribution is -2.21. The quantitative estimate of drug-likeness (QED) is 0.248. The van der Waals surface area contributed by atoms with Crippen LogP contribution >= 0.6 is 11.3 Å². The first-order chi connectivity index (χ1) is 15.9. The summed E-state index contributed by atoms with van der Waals surface area (Å²) in [5.41, 5.74) is -0.125. The number of ether oxygens (including phenoxy) is 1. The van der Waals surface area contributed by atoms with Crippen molar-refractivity contribution in [3.05, 3.63) is 87.8 Å². The average molecular weight is 467 g/mol. The molecule has 0 unspecified atom stereocenters. The van der Waals surface area contributed by atoms with Crippen LogP contribution in [0.1, 0.15) is 10.6 Å². The van der Waals surface area contributed by atoms with Crippen molar-refractivity contribution in [3.8, 4) is 16.4 Å². The number of hydrogen-bond donors (Lipinski definition) is 1. The molecule has 0 spiro atoms. The molecule has 4 rings (SSSR count). The second kappa shape index (κ2) is 9.36. The van der Waals surface area contributed by atoms with Gasteiger partial charge in [0.2, 0.25) is 5.82 Å². The molecule has 0 fully saturated rings. The molecular weight excluding hydrogens is 453 g/mol. The number of thiophene rings is 1. The number of amides is 1. The largest absolute Gasteiger partial charge is 0.450 e. The van der Waals surface area contributed by atoms with Gasteiger partial charge in [0, 0.05) is 11.8 Å². The van der Waals surface area contributed by atoms with Crippen molar-refractivity contribution in [2.24, 2.45) is 0 Å². The molecule has 1 amide bonds. The van der Waals surface area contributed by atoms with E-state index in [-0.39, 0.29) is 11.5 Å². The Balaban J connectivity index is 1.47. The zero-order valence-corrected chi connectivity index (χ0v) is 17.5. The van der Waals surface area contributed by atoms with Crippen molar-refractivity contribution < 1.29 is 23.6 Å². The van der Waals surface area contributed by atoms with Gasteiger partial charge in [-0.25, -0.2) is 9.48 Å². The fourth-order valence-electron chi connectivity index (χ4n) is 2.84. The van der Waals surface area contributed by atoms with Crippen molar-refractivity contribution in [1.29, 1.82) is 0 Å². The number of benzene rings is 2. The van der Waals surface area contributed by atoms with Gasteiger partial charge in [0.25, 0.3) is 11.7 Å². The number of para-hydroxylation sites is 1. The van der Waals surface area contributed by atoms with Crippen molar-refractivity contribution in [1.82, 2.24) is 14.8 Å². The normalized spacial score (nSPS) is 10.6. The van der Waals surface area contributed by atoms with Crippen LogP contribution in [-0.4, -0.2) is 38.2 Å². The van der Waals surface area contributed by atoms with Crippen LogP contribution in [0.5, 0.6) is 0 Å². The summed E-state index contributed by atoms with van der Waals surface area (Å²) in [6, 6.07) is 15.6. The summed E-state index contributed by atoms with van der Waals surface area (Å²) in [6.45, 7) is -0.696. The number of nitrogens with one attached hydrogen (secondary N) is 1. The van der Waals surface area contributed by atoms with Gasteiger partial charge in [0.1, 0.15) is 0 Å². The van der Waals surface area contributed by atoms with Gasteiger partial charge in [0.15, 0.2) is 12.4 Å². The van der Waals surface area contributed by atoms with Crippen LogP contribution in [0, 0.1) is 15.9 Å². The Morgan fingerprint density at radius 1 is 1.15 bits per heavy atom. The summed E-state index contributed by atoms with van der Waals surface area (Å²) in [4.78, 5) is 39.5. The second-order valence-corrected chi connectivity index (χ2v) is 7.48. The minimum absolute atomic E-state index is 0.0180. The minimum Gasteiger partial charge on any atom is -0.450 e. The number of nitrogens with zero attached hydrogens (tertiary/aromatic N) is 4. The van der Waals surface area contributed by atoms with Crippen molar-refractivity contribution in [2.45, 2.75) is 0 Å². The zero-order valence-electron chi connectivity index (χ0n) is 16.7. The molecule has 166 valence electrons. The maximum absolute atomic E-state index is 13.4. The molecule has 0 saturated heterocycles. The van der Waals surface area contributed by atoms with Gasteiger partial charge in [-0.3, -0.25) is 14.9 Å². The van der Waals surface area contributed by atoms with Gasteiger partial charge in [-0.05, 0) is 35.7 Å². The average Bonchev–Trinajstić information content (AvgIpc) is 3.49. The summed E-state index contributed by atoms with van der Waals surface area (Å²) < 4.78 is 19.9. The number of carbonyl (C=O) groups is 2. The van der Waals surface area contributed by atoms with E-state index in [2.05, 4.69) is 15.4 Å². The topological polar surface area (TPSA) is 129 Å². The lowest BCUT2D eigenvalue weighted by atomic mass is 10.2. The van der Waals surface area contributed by atoms with Crippen LogP contribution in [0.4, 0.5) is 15.8 Å². The number of hydrogen-bond acceptors (Lipinski definition) is 8. The third-order valence-corrected chi connectivity index (χ3v) is 5.16.